The number of hydrogen-bond acceptors (Lipinski definition) is 1. The van der Waals surface area contributed by atoms with Crippen molar-refractivity contribution in [1.29, 1.82) is 5.26 Å². The van der Waals surface area contributed by atoms with Gasteiger partial charge in [-0.05, 0) is 25.7 Å². The van der Waals surface area contributed by atoms with Crippen molar-refractivity contribution in [3.63, 3.8) is 0 Å². The Morgan fingerprint density at radius 2 is 2.36 bits per heavy atom. The third-order valence-corrected chi connectivity index (χ3v) is 2.93. The predicted octanol–water partition coefficient (Wildman–Crippen LogP) is 3.12. The minimum absolute atomic E-state index is 0.00106. The van der Waals surface area contributed by atoms with Crippen molar-refractivity contribution in [3.8, 4) is 6.07 Å². The molecule has 1 rings (SSSR count). The third kappa shape index (κ3) is 1.96. The Bertz CT molecular complexity index is 168. The van der Waals surface area contributed by atoms with Crippen LogP contribution in [0.5, 0.6) is 0 Å². The summed E-state index contributed by atoms with van der Waals surface area (Å²) in [4.78, 5) is 0. The predicted molar refractivity (Wildman–Crippen MR) is 46.0 cm³/mol. The SMILES string of the molecule is CCC1CCCC(C)(C#N)C1. The van der Waals surface area contributed by atoms with Gasteiger partial charge in [0, 0.05) is 0 Å². The van der Waals surface area contributed by atoms with Crippen LogP contribution in [0.15, 0.2) is 0 Å². The molecule has 0 aromatic rings. The maximum Gasteiger partial charge on any atom is 0.0686 e. The van der Waals surface area contributed by atoms with Crippen molar-refractivity contribution in [2.75, 3.05) is 0 Å². The molecule has 2 unspecified atom stereocenters. The molecule has 11 heavy (non-hydrogen) atoms. The minimum Gasteiger partial charge on any atom is -0.198 e. The molecule has 0 saturated heterocycles. The van der Waals surface area contributed by atoms with Gasteiger partial charge in [-0.1, -0.05) is 26.2 Å². The van der Waals surface area contributed by atoms with Crippen LogP contribution in [-0.4, -0.2) is 0 Å². The zero-order valence-corrected chi connectivity index (χ0v) is 7.56. The van der Waals surface area contributed by atoms with Crippen molar-refractivity contribution < 1.29 is 0 Å². The topological polar surface area (TPSA) is 23.8 Å². The second-order valence-electron chi connectivity index (χ2n) is 4.04. The highest BCUT2D eigenvalue weighted by Gasteiger charge is 2.30. The lowest BCUT2D eigenvalue weighted by Gasteiger charge is -2.32. The lowest BCUT2D eigenvalue weighted by atomic mass is 9.71. The van der Waals surface area contributed by atoms with Crippen LogP contribution in [0.1, 0.15) is 46.0 Å². The van der Waals surface area contributed by atoms with E-state index in [2.05, 4.69) is 19.9 Å². The fourth-order valence-electron chi connectivity index (χ4n) is 2.07. The summed E-state index contributed by atoms with van der Waals surface area (Å²) in [6, 6.07) is 2.44. The van der Waals surface area contributed by atoms with Crippen LogP contribution in [0, 0.1) is 22.7 Å². The first-order valence-electron chi connectivity index (χ1n) is 4.61. The molecule has 62 valence electrons. The molecular formula is C10H17N. The average molecular weight is 151 g/mol. The summed E-state index contributed by atoms with van der Waals surface area (Å²) < 4.78 is 0. The molecule has 0 aromatic heterocycles. The van der Waals surface area contributed by atoms with Gasteiger partial charge in [0.1, 0.15) is 0 Å². The molecular weight excluding hydrogens is 134 g/mol. The minimum atomic E-state index is -0.00106. The van der Waals surface area contributed by atoms with Gasteiger partial charge in [-0.15, -0.1) is 0 Å². The molecule has 2 atom stereocenters. The molecule has 1 heteroatoms. The quantitative estimate of drug-likeness (QED) is 0.565. The van der Waals surface area contributed by atoms with Gasteiger partial charge >= 0.3 is 0 Å². The summed E-state index contributed by atoms with van der Waals surface area (Å²) in [6.45, 7) is 4.34. The van der Waals surface area contributed by atoms with Crippen LogP contribution >= 0.6 is 0 Å². The Balaban J connectivity index is 2.53. The molecule has 0 heterocycles. The van der Waals surface area contributed by atoms with Gasteiger partial charge in [0.15, 0.2) is 0 Å². The number of rotatable bonds is 1. The van der Waals surface area contributed by atoms with Gasteiger partial charge in [0.25, 0.3) is 0 Å². The van der Waals surface area contributed by atoms with Crippen LogP contribution < -0.4 is 0 Å². The van der Waals surface area contributed by atoms with E-state index in [1.165, 1.54) is 19.3 Å². The molecule has 1 aliphatic rings. The third-order valence-electron chi connectivity index (χ3n) is 2.93. The summed E-state index contributed by atoms with van der Waals surface area (Å²) in [5.41, 5.74) is -0.00106. The Kier molecular flexibility index (Phi) is 2.54. The van der Waals surface area contributed by atoms with E-state index < -0.39 is 0 Å². The first kappa shape index (κ1) is 8.59. The Morgan fingerprint density at radius 1 is 1.64 bits per heavy atom. The molecule has 1 nitrogen and oxygen atoms in total. The monoisotopic (exact) mass is 151 g/mol. The van der Waals surface area contributed by atoms with Crippen molar-refractivity contribution in [2.24, 2.45) is 11.3 Å². The summed E-state index contributed by atoms with van der Waals surface area (Å²) >= 11 is 0. The second kappa shape index (κ2) is 3.26. The molecule has 0 N–H and O–H groups in total. The largest absolute Gasteiger partial charge is 0.198 e. The highest BCUT2D eigenvalue weighted by atomic mass is 14.4. The molecule has 0 amide bonds. The van der Waals surface area contributed by atoms with Crippen LogP contribution in [0.25, 0.3) is 0 Å². The molecule has 1 aliphatic carbocycles. The Morgan fingerprint density at radius 3 is 2.91 bits per heavy atom. The molecule has 0 aromatic carbocycles. The highest BCUT2D eigenvalue weighted by molar-refractivity contribution is 4.98. The Hall–Kier alpha value is -0.510. The lowest BCUT2D eigenvalue weighted by Crippen LogP contribution is -2.23. The van der Waals surface area contributed by atoms with E-state index in [-0.39, 0.29) is 5.41 Å². The Labute approximate surface area is 69.4 Å². The van der Waals surface area contributed by atoms with Gasteiger partial charge in [-0.3, -0.25) is 0 Å². The molecule has 1 saturated carbocycles. The maximum atomic E-state index is 8.91. The van der Waals surface area contributed by atoms with Gasteiger partial charge in [0.05, 0.1) is 11.5 Å². The van der Waals surface area contributed by atoms with E-state index >= 15 is 0 Å². The van der Waals surface area contributed by atoms with E-state index in [1.807, 2.05) is 0 Å². The number of hydrogen-bond donors (Lipinski definition) is 0. The summed E-state index contributed by atoms with van der Waals surface area (Å²) in [5.74, 6) is 0.813. The second-order valence-corrected chi connectivity index (χ2v) is 4.04. The molecule has 0 bridgehead atoms. The smallest absolute Gasteiger partial charge is 0.0686 e. The van der Waals surface area contributed by atoms with Gasteiger partial charge in [-0.25, -0.2) is 0 Å². The molecule has 0 aliphatic heterocycles. The first-order valence-corrected chi connectivity index (χ1v) is 4.61. The van der Waals surface area contributed by atoms with Crippen LogP contribution in [0.3, 0.4) is 0 Å². The van der Waals surface area contributed by atoms with Gasteiger partial charge in [-0.2, -0.15) is 5.26 Å². The fraction of sp³-hybridized carbons (Fsp3) is 0.900. The molecule has 0 spiro atoms. The van der Waals surface area contributed by atoms with Crippen LogP contribution in [0.2, 0.25) is 0 Å². The number of nitriles is 1. The summed E-state index contributed by atoms with van der Waals surface area (Å²) in [7, 11) is 0. The van der Waals surface area contributed by atoms with Crippen molar-refractivity contribution in [1.82, 2.24) is 0 Å². The van der Waals surface area contributed by atoms with E-state index in [0.29, 0.717) is 0 Å². The first-order chi connectivity index (χ1) is 5.20. The zero-order valence-electron chi connectivity index (χ0n) is 7.56. The van der Waals surface area contributed by atoms with Gasteiger partial charge in [0.2, 0.25) is 0 Å². The highest BCUT2D eigenvalue weighted by Crippen LogP contribution is 2.39. The maximum absolute atomic E-state index is 8.91. The molecule has 0 radical (unpaired) electrons. The van der Waals surface area contributed by atoms with E-state index in [0.717, 1.165) is 18.8 Å². The average Bonchev–Trinajstić information content (AvgIpc) is 2.05. The van der Waals surface area contributed by atoms with E-state index in [1.54, 1.807) is 0 Å². The normalized spacial score (nSPS) is 38.1. The van der Waals surface area contributed by atoms with Crippen LogP contribution in [0.4, 0.5) is 0 Å². The zero-order chi connectivity index (χ0) is 8.32. The van der Waals surface area contributed by atoms with Crippen molar-refractivity contribution in [3.05, 3.63) is 0 Å². The number of nitrogens with zero attached hydrogens (tertiary/aromatic N) is 1. The van der Waals surface area contributed by atoms with E-state index in [4.69, 9.17) is 5.26 Å². The standard InChI is InChI=1S/C10H17N/c1-3-9-5-4-6-10(2,7-9)8-11/h9H,3-7H2,1-2H3. The summed E-state index contributed by atoms with van der Waals surface area (Å²) in [6.07, 6.45) is 6.08. The van der Waals surface area contributed by atoms with Crippen molar-refractivity contribution >= 4 is 0 Å². The van der Waals surface area contributed by atoms with Crippen LogP contribution in [-0.2, 0) is 0 Å². The summed E-state index contributed by atoms with van der Waals surface area (Å²) in [5, 5.41) is 8.91. The van der Waals surface area contributed by atoms with Gasteiger partial charge < -0.3 is 0 Å². The fourth-order valence-corrected chi connectivity index (χ4v) is 2.07. The van der Waals surface area contributed by atoms with E-state index in [9.17, 15) is 0 Å². The van der Waals surface area contributed by atoms with Crippen molar-refractivity contribution in [2.45, 2.75) is 46.0 Å². The lowest BCUT2D eigenvalue weighted by molar-refractivity contribution is 0.215. The molecule has 1 fully saturated rings.